The summed E-state index contributed by atoms with van der Waals surface area (Å²) in [4.78, 5) is 4.86. The zero-order valence-corrected chi connectivity index (χ0v) is 44.6. The van der Waals surface area contributed by atoms with Gasteiger partial charge < -0.3 is 9.80 Å². The van der Waals surface area contributed by atoms with E-state index in [0.717, 1.165) is 45.3 Å². The van der Waals surface area contributed by atoms with Gasteiger partial charge in [-0.25, -0.2) is 0 Å². The van der Waals surface area contributed by atoms with Crippen LogP contribution in [0, 0.1) is 0 Å². The smallest absolute Gasteiger partial charge is 0.0725 e. The molecule has 1 spiro atoms. The molecule has 0 saturated heterocycles. The topological polar surface area (TPSA) is 6.48 Å². The van der Waals surface area contributed by atoms with Crippen molar-refractivity contribution in [1.82, 2.24) is 0 Å². The molecule has 0 atom stereocenters. The third-order valence-electron chi connectivity index (χ3n) is 16.7. The summed E-state index contributed by atoms with van der Waals surface area (Å²) in [5.74, 6) is 0. The molecule has 0 fully saturated rings. The molecule has 13 aromatic carbocycles. The molecule has 0 heterocycles. The Balaban J connectivity index is 0.972. The van der Waals surface area contributed by atoms with Crippen molar-refractivity contribution in [2.45, 2.75) is 5.41 Å². The maximum atomic E-state index is 2.51. The molecule has 2 nitrogen and oxygen atoms in total. The van der Waals surface area contributed by atoms with E-state index < -0.39 is 5.41 Å². The van der Waals surface area contributed by atoms with Crippen LogP contribution in [-0.2, 0) is 5.41 Å². The predicted molar refractivity (Wildman–Crippen MR) is 339 cm³/mol. The summed E-state index contributed by atoms with van der Waals surface area (Å²) >= 11 is 0. The number of rotatable bonds is 11. The summed E-state index contributed by atoms with van der Waals surface area (Å²) in [5.41, 5.74) is 27.9. The summed E-state index contributed by atoms with van der Waals surface area (Å²) in [6, 6.07) is 120. The zero-order chi connectivity index (χ0) is 53.7. The Bertz CT molecular complexity index is 3980. The third-order valence-corrected chi connectivity index (χ3v) is 16.7. The highest BCUT2D eigenvalue weighted by atomic mass is 15.2. The molecule has 380 valence electrons. The van der Waals surface area contributed by atoms with Gasteiger partial charge in [-0.2, -0.15) is 0 Å². The molecule has 0 aliphatic heterocycles. The SMILES string of the molecule is c1ccc(-c2ccc(N(c3ccc(-c4ccccc4)cc3)c3cc(-c4ccc5c(c4)C4(c6ccccc6-c6ccccc64)c4ccccc4-5)cc(N(c4ccc(-c5ccccc5)cc4)c4ccc(-c5ccccc5)cc4)c3)cc2)cc1. The minimum absolute atomic E-state index is 0.490. The second-order valence-electron chi connectivity index (χ2n) is 21.2. The first-order valence-electron chi connectivity index (χ1n) is 28.0. The van der Waals surface area contributed by atoms with Crippen LogP contribution < -0.4 is 9.80 Å². The second-order valence-corrected chi connectivity index (χ2v) is 21.2. The third kappa shape index (κ3) is 8.27. The van der Waals surface area contributed by atoms with Crippen molar-refractivity contribution in [3.8, 4) is 77.9 Å². The summed E-state index contributed by atoms with van der Waals surface area (Å²) < 4.78 is 0. The summed E-state index contributed by atoms with van der Waals surface area (Å²) in [5, 5.41) is 0. The van der Waals surface area contributed by atoms with Crippen molar-refractivity contribution in [1.29, 1.82) is 0 Å². The summed E-state index contributed by atoms with van der Waals surface area (Å²) in [7, 11) is 0. The van der Waals surface area contributed by atoms with Crippen LogP contribution in [0.5, 0.6) is 0 Å². The molecular formula is C79H54N2. The minimum atomic E-state index is -0.490. The highest BCUT2D eigenvalue weighted by Gasteiger charge is 2.51. The van der Waals surface area contributed by atoms with E-state index in [1.807, 2.05) is 0 Å². The van der Waals surface area contributed by atoms with Gasteiger partial charge in [0.25, 0.3) is 0 Å². The normalized spacial score (nSPS) is 12.3. The Labute approximate surface area is 474 Å². The maximum Gasteiger partial charge on any atom is 0.0725 e. The van der Waals surface area contributed by atoms with E-state index in [2.05, 4.69) is 337 Å². The molecular weight excluding hydrogens is 977 g/mol. The standard InChI is InChI=1S/C79H54N2/c1-5-19-55(20-6-1)59-33-42-65(43-34-59)80(66-44-35-60(36-45-66)56-21-7-2-8-22-56)69-51-64(63-41-50-74-73-29-15-18-32-77(73)79(78(74)53-63)75-30-16-13-27-71(75)72-28-14-17-31-76(72)79)52-70(54-69)81(67-46-37-61(38-47-67)57-23-9-3-10-24-57)68-48-39-62(40-49-68)58-25-11-4-12-26-58/h1-54H. The molecule has 0 bridgehead atoms. The lowest BCUT2D eigenvalue weighted by atomic mass is 9.70. The van der Waals surface area contributed by atoms with E-state index in [1.165, 1.54) is 89.0 Å². The van der Waals surface area contributed by atoms with Crippen LogP contribution in [0.3, 0.4) is 0 Å². The fourth-order valence-corrected chi connectivity index (χ4v) is 12.9. The number of anilines is 6. The van der Waals surface area contributed by atoms with Gasteiger partial charge in [0.05, 0.1) is 5.41 Å². The molecule has 15 rings (SSSR count). The second kappa shape index (κ2) is 20.0. The van der Waals surface area contributed by atoms with Crippen LogP contribution in [0.15, 0.2) is 328 Å². The molecule has 81 heavy (non-hydrogen) atoms. The quantitative estimate of drug-likeness (QED) is 0.127. The Kier molecular flexibility index (Phi) is 11.8. The van der Waals surface area contributed by atoms with Crippen molar-refractivity contribution in [2.75, 3.05) is 9.80 Å². The molecule has 0 saturated carbocycles. The zero-order valence-electron chi connectivity index (χ0n) is 44.6. The van der Waals surface area contributed by atoms with E-state index in [-0.39, 0.29) is 0 Å². The minimum Gasteiger partial charge on any atom is -0.310 e. The molecule has 0 N–H and O–H groups in total. The van der Waals surface area contributed by atoms with Crippen LogP contribution in [0.4, 0.5) is 34.1 Å². The fourth-order valence-electron chi connectivity index (χ4n) is 12.9. The lowest BCUT2D eigenvalue weighted by molar-refractivity contribution is 0.794. The van der Waals surface area contributed by atoms with Gasteiger partial charge in [-0.05, 0) is 173 Å². The molecule has 0 radical (unpaired) electrons. The van der Waals surface area contributed by atoms with Gasteiger partial charge in [0, 0.05) is 34.1 Å². The summed E-state index contributed by atoms with van der Waals surface area (Å²) in [6.07, 6.45) is 0. The molecule has 0 amide bonds. The van der Waals surface area contributed by atoms with Crippen LogP contribution in [0.2, 0.25) is 0 Å². The van der Waals surface area contributed by atoms with Crippen molar-refractivity contribution in [3.63, 3.8) is 0 Å². The number of benzene rings is 13. The number of hydrogen-bond donors (Lipinski definition) is 0. The average Bonchev–Trinajstić information content (AvgIpc) is 3.87. The van der Waals surface area contributed by atoms with Crippen molar-refractivity contribution < 1.29 is 0 Å². The molecule has 2 heteroatoms. The maximum absolute atomic E-state index is 2.51. The van der Waals surface area contributed by atoms with E-state index >= 15 is 0 Å². The summed E-state index contributed by atoms with van der Waals surface area (Å²) in [6.45, 7) is 0. The van der Waals surface area contributed by atoms with Crippen LogP contribution in [-0.4, -0.2) is 0 Å². The van der Waals surface area contributed by atoms with Gasteiger partial charge in [-0.15, -0.1) is 0 Å². The monoisotopic (exact) mass is 1030 g/mol. The Morgan fingerprint density at radius 3 is 0.741 bits per heavy atom. The van der Waals surface area contributed by atoms with E-state index in [1.54, 1.807) is 0 Å². The number of hydrogen-bond acceptors (Lipinski definition) is 2. The van der Waals surface area contributed by atoms with Gasteiger partial charge in [-0.1, -0.05) is 255 Å². The van der Waals surface area contributed by atoms with E-state index in [9.17, 15) is 0 Å². The molecule has 0 unspecified atom stereocenters. The molecule has 13 aromatic rings. The Hall–Kier alpha value is -10.5. The highest BCUT2D eigenvalue weighted by Crippen LogP contribution is 2.63. The number of nitrogens with zero attached hydrogens (tertiary/aromatic N) is 2. The van der Waals surface area contributed by atoms with Gasteiger partial charge in [0.2, 0.25) is 0 Å². The van der Waals surface area contributed by atoms with Crippen molar-refractivity contribution >= 4 is 34.1 Å². The highest BCUT2D eigenvalue weighted by molar-refractivity contribution is 5.97. The van der Waals surface area contributed by atoms with Crippen LogP contribution >= 0.6 is 0 Å². The van der Waals surface area contributed by atoms with Crippen LogP contribution in [0.25, 0.3) is 77.9 Å². The fraction of sp³-hybridized carbons (Fsp3) is 0.0127. The van der Waals surface area contributed by atoms with Crippen LogP contribution in [0.1, 0.15) is 22.3 Å². The average molecular weight is 1030 g/mol. The Morgan fingerprint density at radius 1 is 0.160 bits per heavy atom. The largest absolute Gasteiger partial charge is 0.310 e. The van der Waals surface area contributed by atoms with Gasteiger partial charge >= 0.3 is 0 Å². The predicted octanol–water partition coefficient (Wildman–Crippen LogP) is 21.3. The van der Waals surface area contributed by atoms with Crippen molar-refractivity contribution in [3.05, 3.63) is 350 Å². The first kappa shape index (κ1) is 47.7. The molecule has 2 aliphatic rings. The lowest BCUT2D eigenvalue weighted by Gasteiger charge is -2.31. The lowest BCUT2D eigenvalue weighted by Crippen LogP contribution is -2.25. The molecule has 2 aliphatic carbocycles. The van der Waals surface area contributed by atoms with Gasteiger partial charge in [0.1, 0.15) is 0 Å². The number of fused-ring (bicyclic) bond motifs is 10. The Morgan fingerprint density at radius 2 is 0.420 bits per heavy atom. The van der Waals surface area contributed by atoms with E-state index in [0.29, 0.717) is 0 Å². The van der Waals surface area contributed by atoms with E-state index in [4.69, 9.17) is 0 Å². The van der Waals surface area contributed by atoms with Gasteiger partial charge in [0.15, 0.2) is 0 Å². The first-order chi connectivity index (χ1) is 40.2. The molecule has 0 aromatic heterocycles. The van der Waals surface area contributed by atoms with Crippen molar-refractivity contribution in [2.24, 2.45) is 0 Å². The van der Waals surface area contributed by atoms with Gasteiger partial charge in [-0.3, -0.25) is 0 Å². The first-order valence-corrected chi connectivity index (χ1v) is 28.0.